The minimum atomic E-state index is 0.638. The first-order valence-electron chi connectivity index (χ1n) is 7.72. The van der Waals surface area contributed by atoms with Crippen LogP contribution in [0.3, 0.4) is 0 Å². The van der Waals surface area contributed by atoms with Crippen molar-refractivity contribution < 1.29 is 0 Å². The highest BCUT2D eigenvalue weighted by molar-refractivity contribution is 7.15. The Morgan fingerprint density at radius 2 is 1.96 bits per heavy atom. The number of nitrogen functional groups attached to an aromatic ring is 1. The molecule has 0 radical (unpaired) electrons. The standard InChI is InChI=1S/C18H20N4S/c1-12-5-3-8-16(13(12)2)17-20-10-9-14(22-17)6-4-7-15-11-21-18(19)23-15/h3,5,8-11H,4,6-7H2,1-2H3,(H2,19,21). The van der Waals surface area contributed by atoms with Crippen molar-refractivity contribution in [2.45, 2.75) is 33.1 Å². The van der Waals surface area contributed by atoms with Crippen molar-refractivity contribution in [3.8, 4) is 11.4 Å². The van der Waals surface area contributed by atoms with Crippen molar-refractivity contribution in [1.29, 1.82) is 0 Å². The van der Waals surface area contributed by atoms with Gasteiger partial charge in [-0.05, 0) is 50.3 Å². The van der Waals surface area contributed by atoms with E-state index in [4.69, 9.17) is 10.7 Å². The van der Waals surface area contributed by atoms with Crippen LogP contribution in [0.1, 0.15) is 28.1 Å². The lowest BCUT2D eigenvalue weighted by molar-refractivity contribution is 0.803. The molecule has 0 spiro atoms. The predicted octanol–water partition coefficient (Wildman–Crippen LogP) is 3.97. The molecule has 0 aliphatic heterocycles. The van der Waals surface area contributed by atoms with Gasteiger partial charge < -0.3 is 5.73 Å². The molecule has 5 heteroatoms. The quantitative estimate of drug-likeness (QED) is 0.771. The van der Waals surface area contributed by atoms with Crippen LogP contribution in [0.2, 0.25) is 0 Å². The maximum atomic E-state index is 5.66. The van der Waals surface area contributed by atoms with Crippen LogP contribution >= 0.6 is 11.3 Å². The monoisotopic (exact) mass is 324 g/mol. The highest BCUT2D eigenvalue weighted by Gasteiger charge is 2.08. The first-order valence-corrected chi connectivity index (χ1v) is 8.54. The molecule has 0 bridgehead atoms. The first kappa shape index (κ1) is 15.6. The number of aromatic nitrogens is 3. The number of nitrogens with two attached hydrogens (primary N) is 1. The third-order valence-electron chi connectivity index (χ3n) is 3.99. The number of anilines is 1. The minimum absolute atomic E-state index is 0.638. The van der Waals surface area contributed by atoms with Gasteiger partial charge in [0.2, 0.25) is 0 Å². The smallest absolute Gasteiger partial charge is 0.180 e. The number of hydrogen-bond acceptors (Lipinski definition) is 5. The Morgan fingerprint density at radius 1 is 1.09 bits per heavy atom. The Labute approximate surface area is 140 Å². The normalized spacial score (nSPS) is 10.9. The minimum Gasteiger partial charge on any atom is -0.375 e. The van der Waals surface area contributed by atoms with Crippen LogP contribution in [0, 0.1) is 13.8 Å². The summed E-state index contributed by atoms with van der Waals surface area (Å²) in [4.78, 5) is 14.5. The molecule has 0 atom stereocenters. The number of nitrogens with zero attached hydrogens (tertiary/aromatic N) is 3. The summed E-state index contributed by atoms with van der Waals surface area (Å²) < 4.78 is 0. The van der Waals surface area contributed by atoms with Crippen molar-refractivity contribution in [2.24, 2.45) is 0 Å². The molecule has 0 fully saturated rings. The molecule has 2 aromatic heterocycles. The zero-order valence-corrected chi connectivity index (χ0v) is 14.2. The van der Waals surface area contributed by atoms with Crippen LogP contribution in [0.5, 0.6) is 0 Å². The SMILES string of the molecule is Cc1cccc(-c2nccc(CCCc3cnc(N)s3)n2)c1C. The molecule has 0 saturated heterocycles. The maximum Gasteiger partial charge on any atom is 0.180 e. The second-order valence-corrected chi connectivity index (χ2v) is 6.78. The van der Waals surface area contributed by atoms with E-state index >= 15 is 0 Å². The van der Waals surface area contributed by atoms with E-state index in [0.29, 0.717) is 5.13 Å². The largest absolute Gasteiger partial charge is 0.375 e. The summed E-state index contributed by atoms with van der Waals surface area (Å²) in [5, 5.41) is 0.638. The van der Waals surface area contributed by atoms with E-state index in [9.17, 15) is 0 Å². The summed E-state index contributed by atoms with van der Waals surface area (Å²) >= 11 is 1.56. The lowest BCUT2D eigenvalue weighted by Gasteiger charge is -2.08. The molecule has 2 N–H and O–H groups in total. The molecular formula is C18H20N4S. The number of rotatable bonds is 5. The van der Waals surface area contributed by atoms with Crippen molar-refractivity contribution >= 4 is 16.5 Å². The van der Waals surface area contributed by atoms with Crippen LogP contribution in [-0.4, -0.2) is 15.0 Å². The fourth-order valence-electron chi connectivity index (χ4n) is 2.54. The van der Waals surface area contributed by atoms with Crippen LogP contribution in [0.15, 0.2) is 36.7 Å². The van der Waals surface area contributed by atoms with Crippen LogP contribution in [0.25, 0.3) is 11.4 Å². The topological polar surface area (TPSA) is 64.7 Å². The Kier molecular flexibility index (Phi) is 4.67. The van der Waals surface area contributed by atoms with Gasteiger partial charge in [-0.25, -0.2) is 15.0 Å². The van der Waals surface area contributed by atoms with Gasteiger partial charge in [0.25, 0.3) is 0 Å². The van der Waals surface area contributed by atoms with Crippen molar-refractivity contribution in [1.82, 2.24) is 15.0 Å². The van der Waals surface area contributed by atoms with Gasteiger partial charge in [-0.3, -0.25) is 0 Å². The Balaban J connectivity index is 1.71. The molecule has 3 aromatic rings. The molecule has 4 nitrogen and oxygen atoms in total. The Bertz CT molecular complexity index is 810. The van der Waals surface area contributed by atoms with E-state index < -0.39 is 0 Å². The van der Waals surface area contributed by atoms with Crippen molar-refractivity contribution in [3.63, 3.8) is 0 Å². The first-order chi connectivity index (χ1) is 11.1. The van der Waals surface area contributed by atoms with Gasteiger partial charge in [-0.15, -0.1) is 11.3 Å². The lowest BCUT2D eigenvalue weighted by Crippen LogP contribution is -1.98. The van der Waals surface area contributed by atoms with E-state index in [1.165, 1.54) is 16.0 Å². The molecule has 1 aromatic carbocycles. The van der Waals surface area contributed by atoms with Crippen LogP contribution < -0.4 is 5.73 Å². The second-order valence-electron chi connectivity index (χ2n) is 5.64. The summed E-state index contributed by atoms with van der Waals surface area (Å²) in [6.45, 7) is 4.23. The van der Waals surface area contributed by atoms with Gasteiger partial charge in [0, 0.05) is 28.5 Å². The van der Waals surface area contributed by atoms with Gasteiger partial charge >= 0.3 is 0 Å². The van der Waals surface area contributed by atoms with Gasteiger partial charge in [-0.2, -0.15) is 0 Å². The third kappa shape index (κ3) is 3.74. The van der Waals surface area contributed by atoms with Crippen LogP contribution in [-0.2, 0) is 12.8 Å². The summed E-state index contributed by atoms with van der Waals surface area (Å²) in [7, 11) is 0. The summed E-state index contributed by atoms with van der Waals surface area (Å²) in [5.74, 6) is 0.811. The molecule has 0 aliphatic rings. The van der Waals surface area contributed by atoms with Crippen LogP contribution in [0.4, 0.5) is 5.13 Å². The molecule has 0 unspecified atom stereocenters. The second kappa shape index (κ2) is 6.87. The number of benzene rings is 1. The average molecular weight is 324 g/mol. The summed E-state index contributed by atoms with van der Waals surface area (Å²) in [6, 6.07) is 8.25. The van der Waals surface area contributed by atoms with Crippen molar-refractivity contribution in [3.05, 3.63) is 58.4 Å². The number of hydrogen-bond donors (Lipinski definition) is 1. The molecular weight excluding hydrogens is 304 g/mol. The zero-order valence-electron chi connectivity index (χ0n) is 13.4. The summed E-state index contributed by atoms with van der Waals surface area (Å²) in [6.07, 6.45) is 6.66. The van der Waals surface area contributed by atoms with Gasteiger partial charge in [0.1, 0.15) is 0 Å². The van der Waals surface area contributed by atoms with E-state index in [2.05, 4.69) is 42.0 Å². The lowest BCUT2D eigenvalue weighted by atomic mass is 10.0. The molecule has 3 rings (SSSR count). The Hall–Kier alpha value is -2.27. The zero-order chi connectivity index (χ0) is 16.2. The van der Waals surface area contributed by atoms with Gasteiger partial charge in [0.15, 0.2) is 11.0 Å². The highest BCUT2D eigenvalue weighted by atomic mass is 32.1. The third-order valence-corrected chi connectivity index (χ3v) is 4.87. The molecule has 23 heavy (non-hydrogen) atoms. The van der Waals surface area contributed by atoms with Crippen molar-refractivity contribution in [2.75, 3.05) is 5.73 Å². The van der Waals surface area contributed by atoms with Gasteiger partial charge in [-0.1, -0.05) is 18.2 Å². The van der Waals surface area contributed by atoms with Gasteiger partial charge in [0.05, 0.1) is 0 Å². The highest BCUT2D eigenvalue weighted by Crippen LogP contribution is 2.22. The number of aryl methyl sites for hydroxylation is 3. The number of thiazole rings is 1. The predicted molar refractivity (Wildman–Crippen MR) is 95.5 cm³/mol. The average Bonchev–Trinajstić information content (AvgIpc) is 2.96. The molecule has 118 valence electrons. The summed E-state index contributed by atoms with van der Waals surface area (Å²) in [5.41, 5.74) is 10.4. The van der Waals surface area contributed by atoms with E-state index in [-0.39, 0.29) is 0 Å². The molecule has 0 amide bonds. The fourth-order valence-corrected chi connectivity index (χ4v) is 3.27. The molecule has 0 aliphatic carbocycles. The molecule has 2 heterocycles. The Morgan fingerprint density at radius 3 is 2.74 bits per heavy atom. The fraction of sp³-hybridized carbons (Fsp3) is 0.278. The van der Waals surface area contributed by atoms with E-state index in [1.54, 1.807) is 11.3 Å². The van der Waals surface area contributed by atoms with E-state index in [0.717, 1.165) is 36.3 Å². The van der Waals surface area contributed by atoms with E-state index in [1.807, 2.05) is 18.5 Å². The molecule has 0 saturated carbocycles. The maximum absolute atomic E-state index is 5.66.